The molecule has 0 heterocycles. The lowest BCUT2D eigenvalue weighted by molar-refractivity contribution is -0.991. The van der Waals surface area contributed by atoms with E-state index < -0.39 is 29.2 Å². The molecule has 0 saturated carbocycles. The highest BCUT2D eigenvalue weighted by Crippen LogP contribution is 2.17. The van der Waals surface area contributed by atoms with Gasteiger partial charge in [-0.2, -0.15) is 5.23 Å². The van der Waals surface area contributed by atoms with Gasteiger partial charge in [-0.05, 0) is 11.1 Å². The Hall–Kier alpha value is -2.78. The molecule has 8 nitrogen and oxygen atoms in total. The monoisotopic (exact) mass is 346 g/mol. The van der Waals surface area contributed by atoms with Crippen LogP contribution < -0.4 is 10.5 Å². The number of carboxylic acids is 1. The predicted octanol–water partition coefficient (Wildman–Crippen LogP) is -0.0645. The van der Waals surface area contributed by atoms with E-state index in [1.165, 1.54) is 24.3 Å². The fourth-order valence-corrected chi connectivity index (χ4v) is 2.29. The van der Waals surface area contributed by atoms with Gasteiger partial charge in [0.2, 0.25) is 5.91 Å². The molecule has 0 aliphatic carbocycles. The van der Waals surface area contributed by atoms with Crippen molar-refractivity contribution in [3.63, 3.8) is 0 Å². The molecule has 2 rings (SSSR count). The standard InChI is InChI=1S/C17H18N2O6/c20-14(10-11-6-8-13(9-7-11)19(24)25)18-15(17(22)23)16(21)12-4-2-1-3-5-12/h1-9,15-16,19,21,24H,10H2,(H,18,20)(H,22,23)/t15-,16+/m1/s1. The third-order valence-corrected chi connectivity index (χ3v) is 3.60. The summed E-state index contributed by atoms with van der Waals surface area (Å²) >= 11 is 0. The summed E-state index contributed by atoms with van der Waals surface area (Å²) in [5, 5.41) is 40.3. The van der Waals surface area contributed by atoms with Gasteiger partial charge in [-0.25, -0.2) is 10.0 Å². The summed E-state index contributed by atoms with van der Waals surface area (Å²) in [5.41, 5.74) is 0.994. The minimum atomic E-state index is -1.49. The van der Waals surface area contributed by atoms with E-state index in [0.717, 1.165) is 0 Å². The molecule has 8 heteroatoms. The Labute approximate surface area is 143 Å². The zero-order valence-corrected chi connectivity index (χ0v) is 13.1. The molecule has 0 saturated heterocycles. The number of benzene rings is 2. The number of quaternary nitrogens is 1. The minimum Gasteiger partial charge on any atom is -0.595 e. The zero-order valence-electron chi connectivity index (χ0n) is 13.1. The molecule has 0 aromatic heterocycles. The van der Waals surface area contributed by atoms with E-state index >= 15 is 0 Å². The Morgan fingerprint density at radius 1 is 1.08 bits per heavy atom. The molecule has 0 radical (unpaired) electrons. The number of amides is 1. The third-order valence-electron chi connectivity index (χ3n) is 3.60. The molecule has 1 unspecified atom stereocenters. The van der Waals surface area contributed by atoms with Crippen molar-refractivity contribution in [2.75, 3.05) is 0 Å². The minimum absolute atomic E-state index is 0.0899. The van der Waals surface area contributed by atoms with E-state index in [2.05, 4.69) is 5.32 Å². The summed E-state index contributed by atoms with van der Waals surface area (Å²) in [5.74, 6) is -1.95. The number of hydrogen-bond acceptors (Lipinski definition) is 5. The lowest BCUT2D eigenvalue weighted by atomic mass is 10.0. The molecule has 0 aliphatic heterocycles. The molecule has 2 aromatic rings. The highest BCUT2D eigenvalue weighted by atomic mass is 16.8. The van der Waals surface area contributed by atoms with Gasteiger partial charge in [0.15, 0.2) is 11.7 Å². The number of rotatable bonds is 7. The van der Waals surface area contributed by atoms with Crippen LogP contribution >= 0.6 is 0 Å². The first-order valence-electron chi connectivity index (χ1n) is 7.46. The van der Waals surface area contributed by atoms with Gasteiger partial charge in [-0.15, -0.1) is 0 Å². The van der Waals surface area contributed by atoms with E-state index in [-0.39, 0.29) is 12.1 Å². The molecular formula is C17H18N2O6. The van der Waals surface area contributed by atoms with Crippen LogP contribution in [0, 0.1) is 5.21 Å². The number of carbonyl (C=O) groups is 2. The summed E-state index contributed by atoms with van der Waals surface area (Å²) in [7, 11) is 0. The second kappa shape index (κ2) is 8.36. The summed E-state index contributed by atoms with van der Waals surface area (Å²) in [6, 6.07) is 12.4. The lowest BCUT2D eigenvalue weighted by Gasteiger charge is -2.21. The molecule has 0 aliphatic rings. The van der Waals surface area contributed by atoms with Crippen LogP contribution in [0.2, 0.25) is 0 Å². The Balaban J connectivity index is 2.04. The highest BCUT2D eigenvalue weighted by Gasteiger charge is 2.29. The van der Waals surface area contributed by atoms with Gasteiger partial charge < -0.3 is 20.7 Å². The number of carbonyl (C=O) groups excluding carboxylic acids is 1. The number of carboxylic acid groups (broad SMARTS) is 1. The van der Waals surface area contributed by atoms with Crippen molar-refractivity contribution in [1.82, 2.24) is 5.32 Å². The quantitative estimate of drug-likeness (QED) is 0.446. The molecule has 0 bridgehead atoms. The maximum Gasteiger partial charge on any atom is 0.329 e. The highest BCUT2D eigenvalue weighted by molar-refractivity contribution is 5.85. The van der Waals surface area contributed by atoms with Crippen LogP contribution in [0.4, 0.5) is 5.69 Å². The molecule has 0 spiro atoms. The van der Waals surface area contributed by atoms with E-state index in [1.54, 1.807) is 30.3 Å². The molecule has 5 N–H and O–H groups in total. The van der Waals surface area contributed by atoms with Crippen molar-refractivity contribution in [2.45, 2.75) is 18.6 Å². The normalized spacial score (nSPS) is 14.4. The smallest absolute Gasteiger partial charge is 0.329 e. The van der Waals surface area contributed by atoms with Crippen molar-refractivity contribution in [2.24, 2.45) is 0 Å². The fraction of sp³-hybridized carbons (Fsp3) is 0.176. The second-order valence-corrected chi connectivity index (χ2v) is 5.42. The first-order chi connectivity index (χ1) is 11.9. The van der Waals surface area contributed by atoms with Gasteiger partial charge in [0, 0.05) is 12.1 Å². The average molecular weight is 346 g/mol. The fourth-order valence-electron chi connectivity index (χ4n) is 2.29. The van der Waals surface area contributed by atoms with Crippen molar-refractivity contribution >= 4 is 17.6 Å². The van der Waals surface area contributed by atoms with Crippen molar-refractivity contribution < 1.29 is 30.2 Å². The van der Waals surface area contributed by atoms with Gasteiger partial charge in [0.1, 0.15) is 6.10 Å². The topological polar surface area (TPSA) is 134 Å². The summed E-state index contributed by atoms with van der Waals surface area (Å²) in [6.07, 6.45) is -1.53. The number of hydrogen-bond donors (Lipinski definition) is 5. The first kappa shape index (κ1) is 18.6. The maximum atomic E-state index is 12.1. The van der Waals surface area contributed by atoms with Gasteiger partial charge >= 0.3 is 5.97 Å². The van der Waals surface area contributed by atoms with Crippen molar-refractivity contribution in [3.8, 4) is 0 Å². The lowest BCUT2D eigenvalue weighted by Crippen LogP contribution is -2.99. The van der Waals surface area contributed by atoms with E-state index in [0.29, 0.717) is 11.1 Å². The molecule has 132 valence electrons. The number of nitrogens with one attached hydrogen (secondary N) is 2. The number of aliphatic hydroxyl groups is 1. The Morgan fingerprint density at radius 2 is 1.68 bits per heavy atom. The average Bonchev–Trinajstić information content (AvgIpc) is 2.60. The van der Waals surface area contributed by atoms with Crippen molar-refractivity contribution in [1.29, 1.82) is 0 Å². The van der Waals surface area contributed by atoms with Crippen LogP contribution in [0.1, 0.15) is 17.2 Å². The summed E-state index contributed by atoms with van der Waals surface area (Å²) in [4.78, 5) is 23.5. The summed E-state index contributed by atoms with van der Waals surface area (Å²) < 4.78 is 0. The van der Waals surface area contributed by atoms with E-state index in [4.69, 9.17) is 5.21 Å². The van der Waals surface area contributed by atoms with Gasteiger partial charge in [-0.3, -0.25) is 4.79 Å². The molecule has 1 amide bonds. The third kappa shape index (κ3) is 5.10. The van der Waals surface area contributed by atoms with E-state index in [9.17, 15) is 25.0 Å². The largest absolute Gasteiger partial charge is 0.595 e. The first-order valence-corrected chi connectivity index (χ1v) is 7.46. The van der Waals surface area contributed by atoms with Crippen LogP contribution in [0.5, 0.6) is 0 Å². The molecule has 2 aromatic carbocycles. The predicted molar refractivity (Wildman–Crippen MR) is 86.9 cm³/mol. The van der Waals surface area contributed by atoms with Crippen molar-refractivity contribution in [3.05, 3.63) is 70.9 Å². The van der Waals surface area contributed by atoms with Gasteiger partial charge in [0.05, 0.1) is 6.42 Å². The Morgan fingerprint density at radius 3 is 2.20 bits per heavy atom. The number of aliphatic carboxylic acids is 1. The van der Waals surface area contributed by atoms with Gasteiger partial charge in [-0.1, -0.05) is 42.5 Å². The maximum absolute atomic E-state index is 12.1. The van der Waals surface area contributed by atoms with Crippen LogP contribution in [0.25, 0.3) is 0 Å². The molecule has 3 atom stereocenters. The number of aliphatic hydroxyl groups excluding tert-OH is 1. The molecule has 0 fully saturated rings. The second-order valence-electron chi connectivity index (χ2n) is 5.42. The zero-order chi connectivity index (χ0) is 18.4. The van der Waals surface area contributed by atoms with E-state index in [1.807, 2.05) is 0 Å². The van der Waals surface area contributed by atoms with Crippen LogP contribution in [0.15, 0.2) is 54.6 Å². The van der Waals surface area contributed by atoms with Gasteiger partial charge in [0.25, 0.3) is 0 Å². The van der Waals surface area contributed by atoms with Crippen LogP contribution in [-0.2, 0) is 16.0 Å². The Kier molecular flexibility index (Phi) is 6.20. The summed E-state index contributed by atoms with van der Waals surface area (Å²) in [6.45, 7) is 0. The SMILES string of the molecule is O=C(Cc1ccc([NH+]([O-])O)cc1)N[C@@H](C(=O)O)[C@@H](O)c1ccccc1. The Bertz CT molecular complexity index is 718. The van der Waals surface area contributed by atoms with Crippen LogP contribution in [-0.4, -0.2) is 33.3 Å². The molecule has 25 heavy (non-hydrogen) atoms. The molecular weight excluding hydrogens is 328 g/mol. The van der Waals surface area contributed by atoms with Crippen LogP contribution in [0.3, 0.4) is 0 Å².